The third-order valence-corrected chi connectivity index (χ3v) is 16.3. The largest absolute Gasteiger partial charge is 0.480 e. The second-order valence-corrected chi connectivity index (χ2v) is 23.7. The fourth-order valence-corrected chi connectivity index (χ4v) is 11.5. The van der Waals surface area contributed by atoms with Gasteiger partial charge in [0, 0.05) is 109 Å². The van der Waals surface area contributed by atoms with Crippen LogP contribution in [-0.2, 0) is 66.2 Å². The van der Waals surface area contributed by atoms with Crippen LogP contribution in [0.25, 0.3) is 0 Å². The number of nitrogens with zero attached hydrogens (tertiary/aromatic N) is 14. The van der Waals surface area contributed by atoms with Crippen LogP contribution in [0.4, 0.5) is 28.3 Å². The minimum atomic E-state index is -1.25. The van der Waals surface area contributed by atoms with Gasteiger partial charge in [0.15, 0.2) is 0 Å². The van der Waals surface area contributed by atoms with E-state index in [1.165, 1.54) is 21.5 Å². The first-order valence-electron chi connectivity index (χ1n) is 31.7. The zero-order valence-electron chi connectivity index (χ0n) is 52.9. The minimum absolute atomic E-state index is 0.0103. The standard InChI is InChI=1S/C60H91N17O17/c78-49(65-60(93)94)12-7-5-3-1-2-4-6-9-19-69-27-30-74(31-28-69)59-67-57(66-58(68-59)64-46(56(91)92)11-8-10-20-72(35-47-61-17-21-76(47)41-54(87)88)36-48-62-18-22-77(48)42-55(89)90)63-44-15-13-43(14-16-44)33-45-34-73(39-52(83)84)26-25-70(37-50(79)80)23-24-71(38-51(81)82)29-32-75(45)40-53(85)86/h13-18,21-22,45-46,49,65,78H,1-12,19-20,23-42H2,(H,79,80)(H,81,82)(H,83,84)(H,85,86)(H,87,88)(H,89,90)(H,91,92)(H,93,94)(H2,63,64,66,67,68)/t45?,46-,49?/m0/s1. The number of carboxylic acids is 7. The average Bonchev–Trinajstić information content (AvgIpc) is 1.16. The van der Waals surface area contributed by atoms with Gasteiger partial charge in [0.25, 0.3) is 0 Å². The van der Waals surface area contributed by atoms with Crippen LogP contribution in [0.15, 0.2) is 49.1 Å². The third kappa shape index (κ3) is 27.9. The molecule has 0 aliphatic carbocycles. The number of aliphatic carboxylic acids is 7. The Labute approximate surface area is 543 Å². The Balaban J connectivity index is 1.17. The molecule has 34 nitrogen and oxygen atoms in total. The van der Waals surface area contributed by atoms with Gasteiger partial charge in [0.05, 0.1) is 39.3 Å². The number of aliphatic hydroxyl groups is 1. The molecule has 6 rings (SSSR count). The molecule has 5 heterocycles. The summed E-state index contributed by atoms with van der Waals surface area (Å²) in [5.74, 6) is -6.48. The lowest BCUT2D eigenvalue weighted by Gasteiger charge is -2.37. The van der Waals surface area contributed by atoms with Gasteiger partial charge in [-0.25, -0.2) is 19.6 Å². The van der Waals surface area contributed by atoms with Gasteiger partial charge in [-0.2, -0.15) is 15.0 Å². The summed E-state index contributed by atoms with van der Waals surface area (Å²) in [7, 11) is 0. The number of unbranched alkanes of at least 4 members (excludes halogenated alkanes) is 8. The van der Waals surface area contributed by atoms with E-state index in [1.807, 2.05) is 9.80 Å². The highest BCUT2D eigenvalue weighted by atomic mass is 16.4. The zero-order chi connectivity index (χ0) is 67.9. The Morgan fingerprint density at radius 1 is 0.521 bits per heavy atom. The molecule has 518 valence electrons. The van der Waals surface area contributed by atoms with Crippen molar-refractivity contribution in [2.45, 2.75) is 128 Å². The number of anilines is 4. The third-order valence-electron chi connectivity index (χ3n) is 16.3. The van der Waals surface area contributed by atoms with Crippen LogP contribution in [0, 0.1) is 0 Å². The van der Waals surface area contributed by atoms with Gasteiger partial charge in [-0.1, -0.05) is 50.7 Å². The maximum absolute atomic E-state index is 13.0. The van der Waals surface area contributed by atoms with Crippen molar-refractivity contribution < 1.29 is 84.3 Å². The fraction of sp³-hybridized carbons (Fsp3) is 0.617. The maximum atomic E-state index is 13.0. The smallest absolute Gasteiger partial charge is 0.406 e. The van der Waals surface area contributed by atoms with E-state index in [0.29, 0.717) is 75.3 Å². The number of hydrogen-bond acceptors (Lipinski definition) is 23. The summed E-state index contributed by atoms with van der Waals surface area (Å²) in [5.41, 5.74) is 1.26. The highest BCUT2D eigenvalue weighted by molar-refractivity contribution is 5.77. The van der Waals surface area contributed by atoms with Crippen LogP contribution in [0.5, 0.6) is 0 Å². The van der Waals surface area contributed by atoms with E-state index in [4.69, 9.17) is 15.1 Å². The van der Waals surface area contributed by atoms with Gasteiger partial charge in [-0.05, 0) is 75.7 Å². The Bertz CT molecular complexity index is 3000. The van der Waals surface area contributed by atoms with E-state index < -0.39 is 79.3 Å². The van der Waals surface area contributed by atoms with Gasteiger partial charge in [0.1, 0.15) is 37.0 Å². The minimum Gasteiger partial charge on any atom is -0.480 e. The first-order chi connectivity index (χ1) is 45.0. The monoisotopic (exact) mass is 1320 g/mol. The van der Waals surface area contributed by atoms with Crippen LogP contribution < -0.4 is 20.9 Å². The van der Waals surface area contributed by atoms with Crippen molar-refractivity contribution in [2.24, 2.45) is 0 Å². The number of aliphatic hydroxyl groups excluding tert-OH is 1. The summed E-state index contributed by atoms with van der Waals surface area (Å²) < 4.78 is 2.99. The predicted molar refractivity (Wildman–Crippen MR) is 339 cm³/mol. The van der Waals surface area contributed by atoms with E-state index in [2.05, 4.69) is 35.8 Å². The van der Waals surface area contributed by atoms with Crippen LogP contribution >= 0.6 is 0 Å². The normalized spacial score (nSPS) is 16.6. The van der Waals surface area contributed by atoms with Gasteiger partial charge in [-0.3, -0.25) is 63.5 Å². The topological polar surface area (TPSA) is 452 Å². The summed E-state index contributed by atoms with van der Waals surface area (Å²) in [5, 5.41) is 95.9. The van der Waals surface area contributed by atoms with Crippen LogP contribution in [0.1, 0.15) is 94.3 Å². The molecule has 4 aromatic rings. The van der Waals surface area contributed by atoms with E-state index in [-0.39, 0.29) is 110 Å². The number of benzene rings is 1. The molecule has 94 heavy (non-hydrogen) atoms. The number of imidazole rings is 2. The first kappa shape index (κ1) is 74.4. The number of rotatable bonds is 41. The Hall–Kier alpha value is -8.67. The molecule has 2 fully saturated rings. The first-order valence-corrected chi connectivity index (χ1v) is 31.7. The summed E-state index contributed by atoms with van der Waals surface area (Å²) >= 11 is 0. The molecule has 3 aromatic heterocycles. The van der Waals surface area contributed by atoms with Crippen LogP contribution in [0.2, 0.25) is 0 Å². The number of amides is 1. The zero-order valence-corrected chi connectivity index (χ0v) is 52.9. The molecule has 0 bridgehead atoms. The van der Waals surface area contributed by atoms with Crippen LogP contribution in [-0.4, -0.2) is 287 Å². The molecule has 2 aliphatic heterocycles. The SMILES string of the molecule is O=C(O)CN1CCN(CC(=O)O)CCN(CC(=O)O)C(Cc2ccc(Nc3nc(N[C@@H](CCCCN(Cc4nccn4CC(=O)O)Cc4nccn4CC(=O)O)C(=O)O)nc(N4CCN(CCCCCCCCCCC(O)NC(=O)O)CC4)n3)cc2)CN(CC(=O)O)CC1. The summed E-state index contributed by atoms with van der Waals surface area (Å²) in [6.45, 7) is 2.89. The summed E-state index contributed by atoms with van der Waals surface area (Å²) in [6.07, 6.45) is 13.3. The molecule has 1 aromatic carbocycles. The molecule has 12 N–H and O–H groups in total. The molecule has 1 amide bonds. The van der Waals surface area contributed by atoms with Gasteiger partial charge < -0.3 is 70.6 Å². The van der Waals surface area contributed by atoms with Crippen molar-refractivity contribution in [3.8, 4) is 0 Å². The van der Waals surface area contributed by atoms with Crippen molar-refractivity contribution in [1.29, 1.82) is 0 Å². The lowest BCUT2D eigenvalue weighted by Crippen LogP contribution is -2.53. The maximum Gasteiger partial charge on any atom is 0.406 e. The number of carboxylic acid groups (broad SMARTS) is 8. The lowest BCUT2D eigenvalue weighted by atomic mass is 10.0. The molecule has 2 unspecified atom stereocenters. The predicted octanol–water partition coefficient (Wildman–Crippen LogP) is 1.61. The quantitative estimate of drug-likeness (QED) is 0.0222. The Kier molecular flexibility index (Phi) is 31.0. The van der Waals surface area contributed by atoms with Crippen molar-refractivity contribution >= 4 is 71.4 Å². The molecule has 0 spiro atoms. The molecule has 2 aliphatic rings. The Morgan fingerprint density at radius 3 is 1.55 bits per heavy atom. The highest BCUT2D eigenvalue weighted by Crippen LogP contribution is 2.23. The van der Waals surface area contributed by atoms with Crippen molar-refractivity contribution in [3.63, 3.8) is 0 Å². The molecular weight excluding hydrogens is 1230 g/mol. The van der Waals surface area contributed by atoms with E-state index in [1.54, 1.807) is 56.3 Å². The van der Waals surface area contributed by atoms with Gasteiger partial charge in [0.2, 0.25) is 17.8 Å². The average molecular weight is 1320 g/mol. The number of carbonyl (C=O) groups is 8. The van der Waals surface area contributed by atoms with Crippen LogP contribution in [0.3, 0.4) is 0 Å². The van der Waals surface area contributed by atoms with E-state index in [9.17, 15) is 79.2 Å². The highest BCUT2D eigenvalue weighted by Gasteiger charge is 2.29. The number of aromatic nitrogens is 7. The summed E-state index contributed by atoms with van der Waals surface area (Å²) in [6, 6.07) is 5.35. The molecule has 0 radical (unpaired) electrons. The summed E-state index contributed by atoms with van der Waals surface area (Å²) in [4.78, 5) is 131. The van der Waals surface area contributed by atoms with Crippen molar-refractivity contribution in [3.05, 3.63) is 66.3 Å². The van der Waals surface area contributed by atoms with Gasteiger partial charge in [-0.15, -0.1) is 0 Å². The van der Waals surface area contributed by atoms with Crippen molar-refractivity contribution in [1.82, 2.24) is 68.8 Å². The second-order valence-electron chi connectivity index (χ2n) is 23.7. The van der Waals surface area contributed by atoms with Crippen molar-refractivity contribution in [2.75, 3.05) is 127 Å². The molecule has 2 saturated heterocycles. The fourth-order valence-electron chi connectivity index (χ4n) is 11.5. The van der Waals surface area contributed by atoms with E-state index in [0.717, 1.165) is 63.5 Å². The molecule has 3 atom stereocenters. The number of piperazine rings is 1. The van der Waals surface area contributed by atoms with E-state index >= 15 is 0 Å². The molecular formula is C60H91N17O17. The second kappa shape index (κ2) is 39.1. The molecule has 34 heteroatoms. The lowest BCUT2D eigenvalue weighted by molar-refractivity contribution is -0.142. The van der Waals surface area contributed by atoms with Gasteiger partial charge >= 0.3 is 47.9 Å². The molecule has 0 saturated carbocycles. The number of hydrogen-bond donors (Lipinski definition) is 12. The number of nitrogens with one attached hydrogen (secondary N) is 3. The Morgan fingerprint density at radius 2 is 1.01 bits per heavy atom.